The van der Waals surface area contributed by atoms with Gasteiger partial charge in [0.2, 0.25) is 0 Å². The van der Waals surface area contributed by atoms with Gasteiger partial charge < -0.3 is 0 Å². The molecule has 1 aliphatic carbocycles. The molecular weight excluding hydrogens is 120 g/mol. The first-order valence-corrected chi connectivity index (χ1v) is 3.96. The zero-order valence-electron chi connectivity index (χ0n) is 7.49. The largest absolute Gasteiger partial charge is 0.0735 e. The minimum atomic E-state index is 0.351. The van der Waals surface area contributed by atoms with E-state index in [0.29, 0.717) is 11.3 Å². The van der Waals surface area contributed by atoms with Crippen LogP contribution in [0.15, 0.2) is 11.1 Å². The highest BCUT2D eigenvalue weighted by Crippen LogP contribution is 2.45. The molecule has 0 aromatic heterocycles. The highest BCUT2D eigenvalue weighted by atomic mass is 14.4. The molecule has 0 spiro atoms. The maximum absolute atomic E-state index is 4.15. The Morgan fingerprint density at radius 3 is 2.00 bits per heavy atom. The van der Waals surface area contributed by atoms with Crippen molar-refractivity contribution < 1.29 is 0 Å². The van der Waals surface area contributed by atoms with E-state index in [1.807, 2.05) is 0 Å². The zero-order chi connectivity index (χ0) is 7.94. The molecule has 0 nitrogen and oxygen atoms in total. The number of allylic oxidation sites excluding steroid dienone is 2. The van der Waals surface area contributed by atoms with Crippen LogP contribution in [0.4, 0.5) is 0 Å². The summed E-state index contributed by atoms with van der Waals surface area (Å²) in [6.45, 7) is 13.2. The van der Waals surface area contributed by atoms with Gasteiger partial charge in [0.05, 0.1) is 0 Å². The summed E-state index contributed by atoms with van der Waals surface area (Å²) in [6, 6.07) is 0. The molecule has 0 unspecified atom stereocenters. The smallest absolute Gasteiger partial charge is 0.0114 e. The van der Waals surface area contributed by atoms with E-state index in [1.165, 1.54) is 6.42 Å². The van der Waals surface area contributed by atoms with Gasteiger partial charge in [-0.05, 0) is 38.5 Å². The molecule has 0 fully saturated rings. The average molecular weight is 137 g/mol. The fraction of sp³-hybridized carbons (Fsp3) is 0.700. The summed E-state index contributed by atoms with van der Waals surface area (Å²) >= 11 is 0. The van der Waals surface area contributed by atoms with Crippen LogP contribution in [-0.4, -0.2) is 0 Å². The van der Waals surface area contributed by atoms with Crippen molar-refractivity contribution in [2.45, 2.75) is 34.1 Å². The molecule has 0 N–H and O–H groups in total. The summed E-state index contributed by atoms with van der Waals surface area (Å²) in [6.07, 6.45) is 1.19. The van der Waals surface area contributed by atoms with Gasteiger partial charge in [-0.15, -0.1) is 0 Å². The Labute approximate surface area is 64.3 Å². The number of hydrogen-bond acceptors (Lipinski definition) is 0. The molecule has 0 aromatic carbocycles. The summed E-state index contributed by atoms with van der Waals surface area (Å²) in [7, 11) is 0. The molecule has 0 saturated heterocycles. The van der Waals surface area contributed by atoms with Gasteiger partial charge in [0.1, 0.15) is 0 Å². The van der Waals surface area contributed by atoms with Crippen LogP contribution in [-0.2, 0) is 0 Å². The summed E-state index contributed by atoms with van der Waals surface area (Å²) in [5.74, 6) is 0.590. The molecule has 10 heavy (non-hydrogen) atoms. The minimum absolute atomic E-state index is 0.351. The summed E-state index contributed by atoms with van der Waals surface area (Å²) in [5, 5.41) is 0. The Morgan fingerprint density at radius 2 is 1.90 bits per heavy atom. The maximum Gasteiger partial charge on any atom is -0.0114 e. The lowest BCUT2D eigenvalue weighted by Crippen LogP contribution is -2.17. The van der Waals surface area contributed by atoms with Crippen LogP contribution in [0.25, 0.3) is 0 Å². The first kappa shape index (κ1) is 7.84. The molecule has 0 heterocycles. The second-order valence-corrected chi connectivity index (χ2v) is 4.03. The molecule has 0 saturated carbocycles. The van der Waals surface area contributed by atoms with Crippen LogP contribution in [0.5, 0.6) is 0 Å². The molecule has 1 rings (SSSR count). The molecule has 1 radical (unpaired) electrons. The SMILES string of the molecule is [CH2][C@@H]1CC(C)=C(C)C1(C)C. The van der Waals surface area contributed by atoms with Gasteiger partial charge in [0.25, 0.3) is 0 Å². The monoisotopic (exact) mass is 137 g/mol. The van der Waals surface area contributed by atoms with Crippen molar-refractivity contribution in [1.29, 1.82) is 0 Å². The van der Waals surface area contributed by atoms with Gasteiger partial charge in [0.15, 0.2) is 0 Å². The van der Waals surface area contributed by atoms with E-state index in [0.717, 1.165) is 0 Å². The van der Waals surface area contributed by atoms with E-state index < -0.39 is 0 Å². The topological polar surface area (TPSA) is 0 Å². The molecule has 57 valence electrons. The van der Waals surface area contributed by atoms with Crippen molar-refractivity contribution in [3.8, 4) is 0 Å². The lowest BCUT2D eigenvalue weighted by molar-refractivity contribution is 0.348. The van der Waals surface area contributed by atoms with Gasteiger partial charge in [-0.2, -0.15) is 0 Å². The Balaban J connectivity index is 2.94. The lowest BCUT2D eigenvalue weighted by Gasteiger charge is -2.26. The molecule has 1 aliphatic rings. The van der Waals surface area contributed by atoms with Crippen molar-refractivity contribution in [3.05, 3.63) is 18.1 Å². The number of rotatable bonds is 0. The summed E-state index contributed by atoms with van der Waals surface area (Å²) in [5.41, 5.74) is 3.45. The van der Waals surface area contributed by atoms with Crippen LogP contribution >= 0.6 is 0 Å². The van der Waals surface area contributed by atoms with E-state index in [-0.39, 0.29) is 0 Å². The lowest BCUT2D eigenvalue weighted by atomic mass is 9.79. The first-order valence-electron chi connectivity index (χ1n) is 3.96. The quantitative estimate of drug-likeness (QED) is 0.450. The third-order valence-electron chi connectivity index (χ3n) is 3.18. The average Bonchev–Trinajstić information content (AvgIpc) is 1.97. The zero-order valence-corrected chi connectivity index (χ0v) is 7.49. The van der Waals surface area contributed by atoms with Gasteiger partial charge in [-0.1, -0.05) is 25.0 Å². The van der Waals surface area contributed by atoms with E-state index in [1.54, 1.807) is 11.1 Å². The predicted molar refractivity (Wildman–Crippen MR) is 45.6 cm³/mol. The Hall–Kier alpha value is -0.260. The van der Waals surface area contributed by atoms with Gasteiger partial charge in [-0.25, -0.2) is 0 Å². The van der Waals surface area contributed by atoms with Crippen molar-refractivity contribution in [2.75, 3.05) is 0 Å². The van der Waals surface area contributed by atoms with Crippen LogP contribution in [0, 0.1) is 18.3 Å². The van der Waals surface area contributed by atoms with Crippen molar-refractivity contribution in [3.63, 3.8) is 0 Å². The molecule has 0 heteroatoms. The second kappa shape index (κ2) is 2.11. The Bertz CT molecular complexity index is 172. The molecule has 0 bridgehead atoms. The Morgan fingerprint density at radius 1 is 1.40 bits per heavy atom. The molecule has 0 aliphatic heterocycles. The highest BCUT2D eigenvalue weighted by Gasteiger charge is 2.34. The first-order chi connectivity index (χ1) is 4.46. The summed E-state index contributed by atoms with van der Waals surface area (Å²) in [4.78, 5) is 0. The van der Waals surface area contributed by atoms with Crippen molar-refractivity contribution >= 4 is 0 Å². The summed E-state index contributed by atoms with van der Waals surface area (Å²) < 4.78 is 0. The molecule has 0 amide bonds. The molecule has 1 atom stereocenters. The van der Waals surface area contributed by atoms with E-state index >= 15 is 0 Å². The third kappa shape index (κ3) is 0.902. The predicted octanol–water partition coefficient (Wildman–Crippen LogP) is 3.20. The van der Waals surface area contributed by atoms with Crippen molar-refractivity contribution in [1.82, 2.24) is 0 Å². The van der Waals surface area contributed by atoms with Gasteiger partial charge >= 0.3 is 0 Å². The highest BCUT2D eigenvalue weighted by molar-refractivity contribution is 5.26. The molecular formula is C10H17. The second-order valence-electron chi connectivity index (χ2n) is 4.03. The van der Waals surface area contributed by atoms with Crippen LogP contribution in [0.1, 0.15) is 34.1 Å². The van der Waals surface area contributed by atoms with Gasteiger partial charge in [0, 0.05) is 0 Å². The molecule has 0 aromatic rings. The van der Waals surface area contributed by atoms with Crippen LogP contribution in [0.2, 0.25) is 0 Å². The van der Waals surface area contributed by atoms with Gasteiger partial charge in [-0.3, -0.25) is 0 Å². The minimum Gasteiger partial charge on any atom is -0.0735 e. The van der Waals surface area contributed by atoms with E-state index in [4.69, 9.17) is 0 Å². The number of hydrogen-bond donors (Lipinski definition) is 0. The maximum atomic E-state index is 4.15. The van der Waals surface area contributed by atoms with E-state index in [2.05, 4.69) is 34.6 Å². The van der Waals surface area contributed by atoms with Crippen LogP contribution in [0.3, 0.4) is 0 Å². The third-order valence-corrected chi connectivity index (χ3v) is 3.18. The Kier molecular flexibility index (Phi) is 1.66. The van der Waals surface area contributed by atoms with E-state index in [9.17, 15) is 0 Å². The van der Waals surface area contributed by atoms with Crippen molar-refractivity contribution in [2.24, 2.45) is 11.3 Å². The van der Waals surface area contributed by atoms with Crippen LogP contribution < -0.4 is 0 Å². The normalized spacial score (nSPS) is 31.5. The fourth-order valence-corrected chi connectivity index (χ4v) is 1.63. The fourth-order valence-electron chi connectivity index (χ4n) is 1.63. The standard InChI is InChI=1S/C10H17/c1-7-6-8(2)10(4,5)9(7)3/h8H,2,6H2,1,3-5H3/t8-/m1/s1.